The zero-order valence-electron chi connectivity index (χ0n) is 17.4. The van der Waals surface area contributed by atoms with Crippen LogP contribution >= 0.6 is 11.3 Å². The highest BCUT2D eigenvalue weighted by atomic mass is 32.2. The van der Waals surface area contributed by atoms with E-state index < -0.39 is 14.9 Å². The Hall–Kier alpha value is -2.01. The summed E-state index contributed by atoms with van der Waals surface area (Å²) < 4.78 is 27.3. The summed E-state index contributed by atoms with van der Waals surface area (Å²) in [6.45, 7) is 3.49. The molecule has 1 unspecified atom stereocenters. The van der Waals surface area contributed by atoms with Crippen LogP contribution in [-0.2, 0) is 10.0 Å². The van der Waals surface area contributed by atoms with E-state index in [0.717, 1.165) is 45.2 Å². The summed E-state index contributed by atoms with van der Waals surface area (Å²) in [4.78, 5) is 14.9. The number of hydrogen-bond donors (Lipinski definition) is 1. The molecule has 4 rings (SSSR count). The van der Waals surface area contributed by atoms with Crippen molar-refractivity contribution in [2.24, 2.45) is 0 Å². The molecule has 1 aromatic heterocycles. The van der Waals surface area contributed by atoms with Gasteiger partial charge in [0, 0.05) is 30.6 Å². The maximum atomic E-state index is 12.9. The molecule has 2 aromatic rings. The second-order valence-electron chi connectivity index (χ2n) is 8.06. The summed E-state index contributed by atoms with van der Waals surface area (Å²) in [6.07, 6.45) is 4.97. The van der Waals surface area contributed by atoms with Crippen molar-refractivity contribution in [1.82, 2.24) is 9.21 Å². The Balaban J connectivity index is 1.56. The van der Waals surface area contributed by atoms with E-state index in [1.807, 2.05) is 11.4 Å². The Bertz CT molecular complexity index is 998. The predicted molar refractivity (Wildman–Crippen MR) is 122 cm³/mol. The minimum absolute atomic E-state index is 0.0130. The third-order valence-corrected chi connectivity index (χ3v) is 8.93. The number of likely N-dealkylation sites (tertiary alicyclic amines) is 1. The molecular weight excluding hydrogens is 436 g/mol. The van der Waals surface area contributed by atoms with Gasteiger partial charge < -0.3 is 5.32 Å². The zero-order chi connectivity index (χ0) is 21.8. The van der Waals surface area contributed by atoms with Gasteiger partial charge in [0.05, 0.1) is 15.9 Å². The summed E-state index contributed by atoms with van der Waals surface area (Å²) >= 11 is 1.68. The molecular formula is C21H28N4O4S2. The van der Waals surface area contributed by atoms with Crippen LogP contribution in [0.4, 0.5) is 11.4 Å². The Morgan fingerprint density at radius 1 is 1.06 bits per heavy atom. The molecule has 0 radical (unpaired) electrons. The van der Waals surface area contributed by atoms with E-state index in [1.54, 1.807) is 11.3 Å². The molecule has 0 saturated carbocycles. The highest BCUT2D eigenvalue weighted by Gasteiger charge is 2.29. The van der Waals surface area contributed by atoms with Gasteiger partial charge in [-0.25, -0.2) is 8.42 Å². The Kier molecular flexibility index (Phi) is 6.90. The first-order valence-corrected chi connectivity index (χ1v) is 13.1. The van der Waals surface area contributed by atoms with E-state index in [1.165, 1.54) is 27.4 Å². The van der Waals surface area contributed by atoms with E-state index in [2.05, 4.69) is 16.3 Å². The lowest BCUT2D eigenvalue weighted by atomic mass is 10.2. The van der Waals surface area contributed by atoms with E-state index in [-0.39, 0.29) is 16.6 Å². The molecule has 31 heavy (non-hydrogen) atoms. The molecule has 2 aliphatic rings. The maximum absolute atomic E-state index is 12.9. The number of rotatable bonds is 8. The van der Waals surface area contributed by atoms with Gasteiger partial charge in [0.25, 0.3) is 5.69 Å². The van der Waals surface area contributed by atoms with Gasteiger partial charge >= 0.3 is 0 Å². The van der Waals surface area contributed by atoms with Crippen LogP contribution in [0.2, 0.25) is 0 Å². The molecule has 0 amide bonds. The molecule has 0 aliphatic carbocycles. The summed E-state index contributed by atoms with van der Waals surface area (Å²) in [5.74, 6) is 0. The minimum atomic E-state index is -3.72. The summed E-state index contributed by atoms with van der Waals surface area (Å²) in [5, 5.41) is 17.0. The van der Waals surface area contributed by atoms with Crippen molar-refractivity contribution in [1.29, 1.82) is 0 Å². The van der Waals surface area contributed by atoms with Crippen molar-refractivity contribution in [2.75, 3.05) is 38.0 Å². The van der Waals surface area contributed by atoms with Gasteiger partial charge in [-0.2, -0.15) is 4.31 Å². The maximum Gasteiger partial charge on any atom is 0.293 e. The van der Waals surface area contributed by atoms with Crippen LogP contribution in [0, 0.1) is 10.1 Å². The molecule has 2 saturated heterocycles. The summed E-state index contributed by atoms with van der Waals surface area (Å²) in [6, 6.07) is 8.46. The molecule has 1 N–H and O–H groups in total. The zero-order valence-corrected chi connectivity index (χ0v) is 19.0. The number of anilines is 1. The minimum Gasteiger partial charge on any atom is -0.378 e. The number of nitro groups is 1. The van der Waals surface area contributed by atoms with Crippen molar-refractivity contribution >= 4 is 32.7 Å². The van der Waals surface area contributed by atoms with E-state index in [9.17, 15) is 18.5 Å². The third-order valence-electron chi connectivity index (χ3n) is 6.06. The molecule has 1 aromatic carbocycles. The first-order valence-electron chi connectivity index (χ1n) is 10.8. The molecule has 168 valence electrons. The van der Waals surface area contributed by atoms with Crippen LogP contribution in [0.1, 0.15) is 43.0 Å². The lowest BCUT2D eigenvalue weighted by molar-refractivity contribution is -0.384. The quantitative estimate of drug-likeness (QED) is 0.467. The fourth-order valence-electron chi connectivity index (χ4n) is 4.38. The second kappa shape index (κ2) is 9.64. The van der Waals surface area contributed by atoms with Crippen LogP contribution < -0.4 is 5.32 Å². The highest BCUT2D eigenvalue weighted by Crippen LogP contribution is 2.33. The van der Waals surface area contributed by atoms with Gasteiger partial charge in [0.2, 0.25) is 10.0 Å². The number of piperidine rings is 1. The molecule has 2 aliphatic heterocycles. The molecule has 2 fully saturated rings. The monoisotopic (exact) mass is 464 g/mol. The van der Waals surface area contributed by atoms with Crippen molar-refractivity contribution < 1.29 is 13.3 Å². The van der Waals surface area contributed by atoms with Crippen molar-refractivity contribution in [2.45, 2.75) is 43.0 Å². The van der Waals surface area contributed by atoms with Crippen molar-refractivity contribution in [3.05, 3.63) is 50.7 Å². The lowest BCUT2D eigenvalue weighted by Gasteiger charge is -2.27. The normalized spacial score (nSPS) is 19.4. The number of thiophene rings is 1. The average molecular weight is 465 g/mol. The van der Waals surface area contributed by atoms with Gasteiger partial charge in [0.1, 0.15) is 5.69 Å². The number of benzene rings is 1. The number of nitrogens with one attached hydrogen (secondary N) is 1. The smallest absolute Gasteiger partial charge is 0.293 e. The molecule has 3 heterocycles. The summed E-state index contributed by atoms with van der Waals surface area (Å²) in [7, 11) is -3.72. The molecule has 0 spiro atoms. The predicted octanol–water partition coefficient (Wildman–Crippen LogP) is 4.08. The van der Waals surface area contributed by atoms with Gasteiger partial charge in [0.15, 0.2) is 0 Å². The third kappa shape index (κ3) is 4.92. The first-order chi connectivity index (χ1) is 15.0. The fraction of sp³-hybridized carbons (Fsp3) is 0.524. The fourth-order valence-corrected chi connectivity index (χ4v) is 6.78. The molecule has 1 atom stereocenters. The number of sulfonamides is 1. The molecule has 8 nitrogen and oxygen atoms in total. The van der Waals surface area contributed by atoms with Crippen LogP contribution in [0.3, 0.4) is 0 Å². The molecule has 10 heteroatoms. The summed E-state index contributed by atoms with van der Waals surface area (Å²) in [5.41, 5.74) is 0.146. The van der Waals surface area contributed by atoms with Crippen LogP contribution in [0.25, 0.3) is 0 Å². The average Bonchev–Trinajstić information content (AvgIpc) is 3.49. The van der Waals surface area contributed by atoms with Gasteiger partial charge in [-0.3, -0.25) is 15.0 Å². The van der Waals surface area contributed by atoms with Crippen molar-refractivity contribution in [3.8, 4) is 0 Å². The van der Waals surface area contributed by atoms with Crippen LogP contribution in [0.5, 0.6) is 0 Å². The SMILES string of the molecule is O=[N+]([O-])c1cc(S(=O)(=O)N2CCCCC2)ccc1NCC(c1cccs1)N1CCCC1. The van der Waals surface area contributed by atoms with E-state index in [0.29, 0.717) is 25.3 Å². The largest absolute Gasteiger partial charge is 0.378 e. The van der Waals surface area contributed by atoms with Crippen LogP contribution in [0.15, 0.2) is 40.6 Å². The standard InChI is InChI=1S/C21H28N4O4S2/c26-25(27)19-15-17(31(28,29)24-12-2-1-3-13-24)8-9-18(19)22-16-20(21-7-6-14-30-21)23-10-4-5-11-23/h6-9,14-15,20,22H,1-5,10-13,16H2. The van der Waals surface area contributed by atoms with Gasteiger partial charge in [-0.15, -0.1) is 11.3 Å². The Labute approximate surface area is 187 Å². The van der Waals surface area contributed by atoms with Gasteiger partial charge in [-0.1, -0.05) is 12.5 Å². The topological polar surface area (TPSA) is 95.8 Å². The van der Waals surface area contributed by atoms with Crippen LogP contribution in [-0.4, -0.2) is 55.3 Å². The Morgan fingerprint density at radius 3 is 2.42 bits per heavy atom. The number of hydrogen-bond acceptors (Lipinski definition) is 7. The highest BCUT2D eigenvalue weighted by molar-refractivity contribution is 7.89. The van der Waals surface area contributed by atoms with E-state index in [4.69, 9.17) is 0 Å². The Morgan fingerprint density at radius 2 is 1.77 bits per heavy atom. The van der Waals surface area contributed by atoms with E-state index >= 15 is 0 Å². The first kappa shape index (κ1) is 22.2. The number of nitro benzene ring substituents is 1. The van der Waals surface area contributed by atoms with Gasteiger partial charge in [-0.05, 0) is 62.4 Å². The second-order valence-corrected chi connectivity index (χ2v) is 11.0. The number of nitrogens with zero attached hydrogens (tertiary/aromatic N) is 3. The molecule has 0 bridgehead atoms. The van der Waals surface area contributed by atoms with Crippen molar-refractivity contribution in [3.63, 3.8) is 0 Å². The lowest BCUT2D eigenvalue weighted by Crippen LogP contribution is -2.35.